The fourth-order valence-corrected chi connectivity index (χ4v) is 3.44. The molecule has 1 aliphatic heterocycles. The molecule has 1 saturated heterocycles. The summed E-state index contributed by atoms with van der Waals surface area (Å²) in [6.07, 6.45) is 3.76. The molecule has 0 spiro atoms. The first kappa shape index (κ1) is 18.4. The second kappa shape index (κ2) is 7.89. The average Bonchev–Trinajstić information content (AvgIpc) is 3.42. The van der Waals surface area contributed by atoms with Crippen molar-refractivity contribution >= 4 is 17.7 Å². The standard InChI is InChI=1S/C20H27N3O3/c1-13-8-14(2)10-16(9-13)19(25)21-11-18(24)23-7-3-4-15(12-23)20(26)22-17-5-6-17/h8-10,15,17H,3-7,11-12H2,1-2H3,(H,21,25)(H,22,26). The highest BCUT2D eigenvalue weighted by Crippen LogP contribution is 2.22. The molecule has 6 nitrogen and oxygen atoms in total. The Labute approximate surface area is 154 Å². The van der Waals surface area contributed by atoms with E-state index in [0.29, 0.717) is 24.7 Å². The van der Waals surface area contributed by atoms with Crippen molar-refractivity contribution in [3.63, 3.8) is 0 Å². The summed E-state index contributed by atoms with van der Waals surface area (Å²) in [6, 6.07) is 5.96. The first-order valence-electron chi connectivity index (χ1n) is 9.37. The molecule has 1 saturated carbocycles. The van der Waals surface area contributed by atoms with Gasteiger partial charge in [0.1, 0.15) is 0 Å². The van der Waals surface area contributed by atoms with Crippen molar-refractivity contribution in [3.05, 3.63) is 34.9 Å². The molecule has 1 aromatic carbocycles. The van der Waals surface area contributed by atoms with Crippen LogP contribution in [0.1, 0.15) is 47.2 Å². The number of nitrogens with one attached hydrogen (secondary N) is 2. The molecule has 6 heteroatoms. The monoisotopic (exact) mass is 357 g/mol. The smallest absolute Gasteiger partial charge is 0.251 e. The van der Waals surface area contributed by atoms with Gasteiger partial charge in [0.25, 0.3) is 5.91 Å². The number of piperidine rings is 1. The van der Waals surface area contributed by atoms with Crippen LogP contribution in [0.25, 0.3) is 0 Å². The lowest BCUT2D eigenvalue weighted by atomic mass is 9.97. The van der Waals surface area contributed by atoms with Crippen LogP contribution in [-0.2, 0) is 9.59 Å². The molecule has 3 amide bonds. The van der Waals surface area contributed by atoms with E-state index in [1.807, 2.05) is 32.0 Å². The second-order valence-electron chi connectivity index (χ2n) is 7.52. The van der Waals surface area contributed by atoms with E-state index >= 15 is 0 Å². The number of benzene rings is 1. The quantitative estimate of drug-likeness (QED) is 0.839. The van der Waals surface area contributed by atoms with Gasteiger partial charge < -0.3 is 15.5 Å². The van der Waals surface area contributed by atoms with Crippen molar-refractivity contribution in [1.82, 2.24) is 15.5 Å². The number of aryl methyl sites for hydroxylation is 2. The summed E-state index contributed by atoms with van der Waals surface area (Å²) in [5.74, 6) is -0.454. The highest BCUT2D eigenvalue weighted by atomic mass is 16.2. The number of rotatable bonds is 5. The zero-order valence-corrected chi connectivity index (χ0v) is 15.5. The summed E-state index contributed by atoms with van der Waals surface area (Å²) < 4.78 is 0. The zero-order valence-electron chi connectivity index (χ0n) is 15.5. The molecule has 1 aliphatic carbocycles. The van der Waals surface area contributed by atoms with E-state index < -0.39 is 0 Å². The normalized spacial score (nSPS) is 19.8. The lowest BCUT2D eigenvalue weighted by Gasteiger charge is -2.32. The molecule has 140 valence electrons. The largest absolute Gasteiger partial charge is 0.353 e. The Balaban J connectivity index is 1.50. The highest BCUT2D eigenvalue weighted by Gasteiger charge is 2.31. The maximum atomic E-state index is 12.4. The van der Waals surface area contributed by atoms with Crippen LogP contribution in [-0.4, -0.2) is 48.3 Å². The minimum atomic E-state index is -0.245. The van der Waals surface area contributed by atoms with Gasteiger partial charge in [-0.25, -0.2) is 0 Å². The van der Waals surface area contributed by atoms with E-state index in [-0.39, 0.29) is 30.2 Å². The number of likely N-dealkylation sites (tertiary alicyclic amines) is 1. The molecule has 2 aliphatic rings. The molecule has 0 bridgehead atoms. The van der Waals surface area contributed by atoms with Gasteiger partial charge in [0.05, 0.1) is 12.5 Å². The average molecular weight is 357 g/mol. The zero-order chi connectivity index (χ0) is 18.7. The predicted molar refractivity (Wildman–Crippen MR) is 98.7 cm³/mol. The van der Waals surface area contributed by atoms with E-state index in [9.17, 15) is 14.4 Å². The van der Waals surface area contributed by atoms with Crippen LogP contribution < -0.4 is 10.6 Å². The lowest BCUT2D eigenvalue weighted by Crippen LogP contribution is -2.48. The minimum absolute atomic E-state index is 0.0389. The number of carbonyl (C=O) groups is 3. The topological polar surface area (TPSA) is 78.5 Å². The molecule has 0 radical (unpaired) electrons. The van der Waals surface area contributed by atoms with Gasteiger partial charge in [-0.15, -0.1) is 0 Å². The van der Waals surface area contributed by atoms with Gasteiger partial charge in [0.2, 0.25) is 11.8 Å². The van der Waals surface area contributed by atoms with E-state index in [1.165, 1.54) is 0 Å². The van der Waals surface area contributed by atoms with Crippen LogP contribution >= 0.6 is 0 Å². The lowest BCUT2D eigenvalue weighted by molar-refractivity contribution is -0.134. The number of carbonyl (C=O) groups excluding carboxylic acids is 3. The Morgan fingerprint density at radius 1 is 1.08 bits per heavy atom. The molecule has 1 heterocycles. The molecular formula is C20H27N3O3. The SMILES string of the molecule is Cc1cc(C)cc(C(=O)NCC(=O)N2CCCC(C(=O)NC3CC3)C2)c1. The highest BCUT2D eigenvalue weighted by molar-refractivity contribution is 5.96. The number of hydrogen-bond acceptors (Lipinski definition) is 3. The Morgan fingerprint density at radius 3 is 2.42 bits per heavy atom. The first-order valence-corrected chi connectivity index (χ1v) is 9.37. The summed E-state index contributed by atoms with van der Waals surface area (Å²) in [4.78, 5) is 38.7. The Kier molecular flexibility index (Phi) is 5.59. The summed E-state index contributed by atoms with van der Waals surface area (Å²) in [5.41, 5.74) is 2.60. The number of nitrogens with zero attached hydrogens (tertiary/aromatic N) is 1. The van der Waals surface area contributed by atoms with E-state index in [4.69, 9.17) is 0 Å². The van der Waals surface area contributed by atoms with Crippen molar-refractivity contribution in [3.8, 4) is 0 Å². The summed E-state index contributed by atoms with van der Waals surface area (Å²) in [6.45, 7) is 4.93. The summed E-state index contributed by atoms with van der Waals surface area (Å²) >= 11 is 0. The van der Waals surface area contributed by atoms with Gasteiger partial charge in [0.15, 0.2) is 0 Å². The van der Waals surface area contributed by atoms with Gasteiger partial charge in [-0.1, -0.05) is 17.2 Å². The van der Waals surface area contributed by atoms with Gasteiger partial charge in [-0.3, -0.25) is 14.4 Å². The molecule has 1 unspecified atom stereocenters. The van der Waals surface area contributed by atoms with Crippen molar-refractivity contribution in [1.29, 1.82) is 0 Å². The third kappa shape index (κ3) is 4.84. The fraction of sp³-hybridized carbons (Fsp3) is 0.550. The van der Waals surface area contributed by atoms with E-state index in [0.717, 1.165) is 36.8 Å². The first-order chi connectivity index (χ1) is 12.4. The number of amides is 3. The third-order valence-electron chi connectivity index (χ3n) is 4.95. The van der Waals surface area contributed by atoms with Gasteiger partial charge in [-0.05, 0) is 51.7 Å². The van der Waals surface area contributed by atoms with Crippen molar-refractivity contribution in [2.24, 2.45) is 5.92 Å². The maximum absolute atomic E-state index is 12.4. The second-order valence-corrected chi connectivity index (χ2v) is 7.52. The van der Waals surface area contributed by atoms with E-state index in [2.05, 4.69) is 10.6 Å². The fourth-order valence-electron chi connectivity index (χ4n) is 3.44. The van der Waals surface area contributed by atoms with Crippen molar-refractivity contribution in [2.45, 2.75) is 45.6 Å². The van der Waals surface area contributed by atoms with Crippen LogP contribution in [0, 0.1) is 19.8 Å². The maximum Gasteiger partial charge on any atom is 0.251 e. The molecule has 1 aromatic rings. The van der Waals surface area contributed by atoms with Crippen LogP contribution in [0.15, 0.2) is 18.2 Å². The van der Waals surface area contributed by atoms with Crippen molar-refractivity contribution in [2.75, 3.05) is 19.6 Å². The molecule has 26 heavy (non-hydrogen) atoms. The van der Waals surface area contributed by atoms with Crippen LogP contribution in [0.2, 0.25) is 0 Å². The molecule has 1 atom stereocenters. The minimum Gasteiger partial charge on any atom is -0.353 e. The molecule has 2 N–H and O–H groups in total. The molecule has 2 fully saturated rings. The van der Waals surface area contributed by atoms with Crippen LogP contribution in [0.3, 0.4) is 0 Å². The Morgan fingerprint density at radius 2 is 1.77 bits per heavy atom. The van der Waals surface area contributed by atoms with Gasteiger partial charge >= 0.3 is 0 Å². The van der Waals surface area contributed by atoms with E-state index in [1.54, 1.807) is 4.90 Å². The predicted octanol–water partition coefficient (Wildman–Crippen LogP) is 1.55. The number of hydrogen-bond donors (Lipinski definition) is 2. The molecule has 3 rings (SSSR count). The van der Waals surface area contributed by atoms with Crippen LogP contribution in [0.5, 0.6) is 0 Å². The Bertz CT molecular complexity index is 692. The molecule has 0 aromatic heterocycles. The third-order valence-corrected chi connectivity index (χ3v) is 4.95. The Hall–Kier alpha value is -2.37. The van der Waals surface area contributed by atoms with Gasteiger partial charge in [-0.2, -0.15) is 0 Å². The van der Waals surface area contributed by atoms with Gasteiger partial charge in [0, 0.05) is 24.7 Å². The summed E-state index contributed by atoms with van der Waals surface area (Å²) in [7, 11) is 0. The van der Waals surface area contributed by atoms with Crippen molar-refractivity contribution < 1.29 is 14.4 Å². The summed E-state index contributed by atoms with van der Waals surface area (Å²) in [5, 5.41) is 5.72. The van der Waals surface area contributed by atoms with Crippen LogP contribution in [0.4, 0.5) is 0 Å². The molecular weight excluding hydrogens is 330 g/mol.